The van der Waals surface area contributed by atoms with Crippen LogP contribution in [0.3, 0.4) is 0 Å². The molecule has 0 saturated heterocycles. The molecule has 0 fully saturated rings. The number of hydrogen-bond donors (Lipinski definition) is 0. The van der Waals surface area contributed by atoms with E-state index in [-0.39, 0.29) is 25.6 Å². The maximum absolute atomic E-state index is 13.5. The van der Waals surface area contributed by atoms with Crippen LogP contribution in [0.15, 0.2) is 65.7 Å². The first-order chi connectivity index (χ1) is 13.5. The first kappa shape index (κ1) is 22.0. The van der Waals surface area contributed by atoms with E-state index < -0.39 is 13.4 Å². The van der Waals surface area contributed by atoms with Crippen LogP contribution in [-0.4, -0.2) is 24.7 Å². The summed E-state index contributed by atoms with van der Waals surface area (Å²) in [4.78, 5) is 4.87. The van der Waals surface area contributed by atoms with Crippen molar-refractivity contribution in [1.29, 1.82) is 5.26 Å². The van der Waals surface area contributed by atoms with Crippen LogP contribution in [0.5, 0.6) is 0 Å². The van der Waals surface area contributed by atoms with Crippen LogP contribution in [0.2, 0.25) is 0 Å². The fourth-order valence-electron chi connectivity index (χ4n) is 2.85. The smallest absolute Gasteiger partial charge is 0.307 e. The second kappa shape index (κ2) is 10.9. The van der Waals surface area contributed by atoms with Crippen LogP contribution in [0, 0.1) is 17.2 Å². The summed E-state index contributed by atoms with van der Waals surface area (Å²) >= 11 is 0. The van der Waals surface area contributed by atoms with Gasteiger partial charge in [0.25, 0.3) is 0 Å². The van der Waals surface area contributed by atoms with Crippen molar-refractivity contribution >= 4 is 13.3 Å². The van der Waals surface area contributed by atoms with E-state index in [4.69, 9.17) is 14.0 Å². The molecule has 2 rings (SSSR count). The Kier molecular flexibility index (Phi) is 8.60. The SMILES string of the molecule is CCOP(=O)(OCC)C(CC(C)C#N)N=C(c1ccccc1)c1ccccc1. The Labute approximate surface area is 167 Å². The highest BCUT2D eigenvalue weighted by Gasteiger charge is 2.37. The molecule has 2 atom stereocenters. The molecule has 0 N–H and O–H groups in total. The molecule has 0 amide bonds. The van der Waals surface area contributed by atoms with Crippen LogP contribution >= 0.6 is 7.60 Å². The summed E-state index contributed by atoms with van der Waals surface area (Å²) < 4.78 is 24.6. The second-order valence-electron chi connectivity index (χ2n) is 6.33. The van der Waals surface area contributed by atoms with Crippen LogP contribution in [0.25, 0.3) is 0 Å². The Hall–Kier alpha value is -2.25. The van der Waals surface area contributed by atoms with Gasteiger partial charge in [-0.25, -0.2) is 0 Å². The van der Waals surface area contributed by atoms with Gasteiger partial charge >= 0.3 is 7.60 Å². The van der Waals surface area contributed by atoms with E-state index in [9.17, 15) is 9.83 Å². The van der Waals surface area contributed by atoms with Gasteiger partial charge in [0.2, 0.25) is 0 Å². The van der Waals surface area contributed by atoms with Crippen LogP contribution in [-0.2, 0) is 13.6 Å². The van der Waals surface area contributed by atoms with Gasteiger partial charge in [0.1, 0.15) is 0 Å². The van der Waals surface area contributed by atoms with Crippen molar-refractivity contribution in [2.45, 2.75) is 33.0 Å². The summed E-state index contributed by atoms with van der Waals surface area (Å²) in [5, 5.41) is 9.31. The molecule has 2 aromatic carbocycles. The second-order valence-corrected chi connectivity index (χ2v) is 8.52. The molecule has 6 heteroatoms. The summed E-state index contributed by atoms with van der Waals surface area (Å²) in [5.74, 6) is -1.10. The van der Waals surface area contributed by atoms with Crippen molar-refractivity contribution in [3.05, 3.63) is 71.8 Å². The van der Waals surface area contributed by atoms with E-state index in [1.54, 1.807) is 20.8 Å². The zero-order valence-corrected chi connectivity index (χ0v) is 17.5. The largest absolute Gasteiger partial charge is 0.354 e. The third kappa shape index (κ3) is 5.87. The van der Waals surface area contributed by atoms with Gasteiger partial charge in [-0.2, -0.15) is 5.26 Å². The molecule has 28 heavy (non-hydrogen) atoms. The number of benzene rings is 2. The third-order valence-electron chi connectivity index (χ3n) is 4.14. The molecule has 0 saturated carbocycles. The summed E-state index contributed by atoms with van der Waals surface area (Å²) in [5.41, 5.74) is 2.52. The number of rotatable bonds is 10. The van der Waals surface area contributed by atoms with E-state index in [1.807, 2.05) is 60.7 Å². The maximum Gasteiger partial charge on any atom is 0.354 e. The van der Waals surface area contributed by atoms with Gasteiger partial charge in [-0.15, -0.1) is 0 Å². The molecular weight excluding hydrogens is 371 g/mol. The monoisotopic (exact) mass is 398 g/mol. The first-order valence-electron chi connectivity index (χ1n) is 9.51. The lowest BCUT2D eigenvalue weighted by molar-refractivity contribution is 0.210. The van der Waals surface area contributed by atoms with Crippen molar-refractivity contribution in [2.24, 2.45) is 10.9 Å². The minimum atomic E-state index is -3.53. The Bertz CT molecular complexity index is 796. The average Bonchev–Trinajstić information content (AvgIpc) is 2.72. The lowest BCUT2D eigenvalue weighted by Gasteiger charge is -2.25. The normalized spacial score (nSPS) is 13.4. The number of nitriles is 1. The van der Waals surface area contributed by atoms with E-state index in [1.165, 1.54) is 0 Å². The van der Waals surface area contributed by atoms with Crippen molar-refractivity contribution in [2.75, 3.05) is 13.2 Å². The van der Waals surface area contributed by atoms with Crippen molar-refractivity contribution in [3.63, 3.8) is 0 Å². The van der Waals surface area contributed by atoms with Gasteiger partial charge < -0.3 is 9.05 Å². The predicted molar refractivity (Wildman–Crippen MR) is 113 cm³/mol. The molecule has 0 bridgehead atoms. The van der Waals surface area contributed by atoms with Gasteiger partial charge in [-0.1, -0.05) is 60.7 Å². The highest BCUT2D eigenvalue weighted by Crippen LogP contribution is 2.55. The quantitative estimate of drug-likeness (QED) is 0.382. The lowest BCUT2D eigenvalue weighted by atomic mass is 10.0. The summed E-state index contributed by atoms with van der Waals surface area (Å²) in [6.45, 7) is 5.83. The van der Waals surface area contributed by atoms with Gasteiger partial charge in [0, 0.05) is 17.0 Å². The Balaban J connectivity index is 2.61. The third-order valence-corrected chi connectivity index (χ3v) is 6.43. The molecule has 0 heterocycles. The van der Waals surface area contributed by atoms with E-state index in [0.717, 1.165) is 11.1 Å². The first-order valence-corrected chi connectivity index (χ1v) is 11.1. The molecule has 2 aromatic rings. The van der Waals surface area contributed by atoms with Crippen LogP contribution in [0.4, 0.5) is 0 Å². The lowest BCUT2D eigenvalue weighted by Crippen LogP contribution is -2.18. The van der Waals surface area contributed by atoms with Crippen LogP contribution < -0.4 is 0 Å². The summed E-state index contributed by atoms with van der Waals surface area (Å²) in [7, 11) is -3.53. The zero-order valence-electron chi connectivity index (χ0n) is 16.6. The van der Waals surface area contributed by atoms with Crippen molar-refractivity contribution in [1.82, 2.24) is 0 Å². The minimum Gasteiger partial charge on any atom is -0.307 e. The number of aliphatic imine (C=N–C) groups is 1. The summed E-state index contributed by atoms with van der Waals surface area (Å²) in [6.07, 6.45) is 0.289. The highest BCUT2D eigenvalue weighted by molar-refractivity contribution is 7.54. The Morgan fingerprint density at radius 3 is 1.86 bits per heavy atom. The highest BCUT2D eigenvalue weighted by atomic mass is 31.2. The van der Waals surface area contributed by atoms with Gasteiger partial charge in [-0.3, -0.25) is 9.56 Å². The molecule has 0 aliphatic heterocycles. The molecule has 0 radical (unpaired) electrons. The topological polar surface area (TPSA) is 71.7 Å². The van der Waals surface area contributed by atoms with E-state index >= 15 is 0 Å². The molecule has 148 valence electrons. The minimum absolute atomic E-state index is 0.246. The molecule has 5 nitrogen and oxygen atoms in total. The fraction of sp³-hybridized carbons (Fsp3) is 0.364. The van der Waals surface area contributed by atoms with E-state index in [0.29, 0.717) is 5.71 Å². The number of hydrogen-bond acceptors (Lipinski definition) is 5. The fourth-order valence-corrected chi connectivity index (χ4v) is 4.82. The molecule has 0 aromatic heterocycles. The van der Waals surface area contributed by atoms with Crippen LogP contribution in [0.1, 0.15) is 38.3 Å². The zero-order chi connectivity index (χ0) is 20.4. The Morgan fingerprint density at radius 2 is 1.46 bits per heavy atom. The summed E-state index contributed by atoms with van der Waals surface area (Å²) in [6, 6.07) is 21.7. The van der Waals surface area contributed by atoms with Gasteiger partial charge in [0.05, 0.1) is 25.0 Å². The average molecular weight is 398 g/mol. The van der Waals surface area contributed by atoms with Gasteiger partial charge in [-0.05, 0) is 27.2 Å². The standard InChI is InChI=1S/C22H27N2O3P/c1-4-26-28(25,27-5-2)21(16-18(3)17-23)24-22(19-12-8-6-9-13-19)20-14-10-7-11-15-20/h6-15,18,21H,4-5,16H2,1-3H3. The molecule has 0 spiro atoms. The van der Waals surface area contributed by atoms with Crippen molar-refractivity contribution in [3.8, 4) is 6.07 Å². The predicted octanol–water partition coefficient (Wildman–Crippen LogP) is 5.67. The molecule has 0 aliphatic rings. The molecule has 2 unspecified atom stereocenters. The van der Waals surface area contributed by atoms with Gasteiger partial charge in [0.15, 0.2) is 5.78 Å². The van der Waals surface area contributed by atoms with E-state index in [2.05, 4.69) is 6.07 Å². The Morgan fingerprint density at radius 1 is 1.00 bits per heavy atom. The number of nitrogens with zero attached hydrogens (tertiary/aromatic N) is 2. The maximum atomic E-state index is 13.5. The molecule has 0 aliphatic carbocycles. The molecular formula is C22H27N2O3P. The van der Waals surface area contributed by atoms with Crippen molar-refractivity contribution < 1.29 is 13.6 Å².